The molecule has 1 N–H and O–H groups in total. The number of aryl methyl sites for hydroxylation is 1. The molecule has 3 aromatic carbocycles. The van der Waals surface area contributed by atoms with Gasteiger partial charge in [0, 0.05) is 11.4 Å². The lowest BCUT2D eigenvalue weighted by molar-refractivity contribution is -0.117. The van der Waals surface area contributed by atoms with Gasteiger partial charge in [0.15, 0.2) is 0 Å². The number of benzene rings is 3. The third-order valence-electron chi connectivity index (χ3n) is 5.36. The first-order valence-electron chi connectivity index (χ1n) is 10.4. The van der Waals surface area contributed by atoms with E-state index in [4.69, 9.17) is 0 Å². The van der Waals surface area contributed by atoms with Crippen molar-refractivity contribution >= 4 is 35.0 Å². The zero-order chi connectivity index (χ0) is 24.2. The van der Waals surface area contributed by atoms with Crippen molar-refractivity contribution in [3.8, 4) is 6.07 Å². The molecule has 1 unspecified atom stereocenters. The quantitative estimate of drug-likeness (QED) is 0.400. The van der Waals surface area contributed by atoms with E-state index in [1.165, 1.54) is 53.4 Å². The Hall–Kier alpha value is -3.96. The number of hydrogen-bond donors (Lipinski definition) is 1. The summed E-state index contributed by atoms with van der Waals surface area (Å²) in [6.07, 6.45) is 0.398. The molecular weight excluding hydrogens is 456 g/mol. The van der Waals surface area contributed by atoms with Crippen LogP contribution in [0, 0.1) is 29.9 Å². The van der Waals surface area contributed by atoms with Crippen LogP contribution in [0.4, 0.5) is 20.2 Å². The highest BCUT2D eigenvalue weighted by Crippen LogP contribution is 2.42. The van der Waals surface area contributed by atoms with E-state index in [0.29, 0.717) is 17.8 Å². The second-order valence-corrected chi connectivity index (χ2v) is 8.83. The molecule has 1 fully saturated rings. The van der Waals surface area contributed by atoms with Gasteiger partial charge in [-0.15, -0.1) is 0 Å². The summed E-state index contributed by atoms with van der Waals surface area (Å²) in [5.74, 6) is -1.97. The van der Waals surface area contributed by atoms with E-state index in [9.17, 15) is 23.6 Å². The predicted octanol–water partition coefficient (Wildman–Crippen LogP) is 5.34. The summed E-state index contributed by atoms with van der Waals surface area (Å²) in [4.78, 5) is 27.7. The van der Waals surface area contributed by atoms with Crippen LogP contribution < -0.4 is 10.2 Å². The molecule has 1 saturated heterocycles. The molecule has 0 aliphatic carbocycles. The predicted molar refractivity (Wildman–Crippen MR) is 128 cm³/mol. The topological polar surface area (TPSA) is 73.2 Å². The minimum atomic E-state index is -0.729. The second-order valence-electron chi connectivity index (χ2n) is 7.64. The van der Waals surface area contributed by atoms with Crippen LogP contribution in [0.1, 0.15) is 11.1 Å². The molecule has 5 nitrogen and oxygen atoms in total. The van der Waals surface area contributed by atoms with Gasteiger partial charge in [-0.25, -0.2) is 8.78 Å². The Morgan fingerprint density at radius 2 is 1.65 bits per heavy atom. The maximum atomic E-state index is 13.5. The van der Waals surface area contributed by atoms with E-state index in [1.807, 2.05) is 37.3 Å². The Kier molecular flexibility index (Phi) is 6.75. The normalized spacial score (nSPS) is 16.8. The van der Waals surface area contributed by atoms with Crippen LogP contribution in [0.25, 0.3) is 0 Å². The Balaban J connectivity index is 1.73. The lowest BCUT2D eigenvalue weighted by Crippen LogP contribution is -2.31. The summed E-state index contributed by atoms with van der Waals surface area (Å²) in [7, 11) is 0. The van der Waals surface area contributed by atoms with Gasteiger partial charge < -0.3 is 5.32 Å². The fraction of sp³-hybridized carbons (Fsp3) is 0.115. The van der Waals surface area contributed by atoms with Crippen LogP contribution in [0.2, 0.25) is 0 Å². The van der Waals surface area contributed by atoms with Crippen molar-refractivity contribution in [1.82, 2.24) is 0 Å². The van der Waals surface area contributed by atoms with Gasteiger partial charge in [0.2, 0.25) is 5.91 Å². The van der Waals surface area contributed by atoms with E-state index >= 15 is 0 Å². The number of nitrogens with one attached hydrogen (secondary N) is 1. The minimum absolute atomic E-state index is 0.164. The highest BCUT2D eigenvalue weighted by Gasteiger charge is 2.41. The molecule has 1 atom stereocenters. The molecular formula is C26H19F2N3O2S. The number of amides is 2. The highest BCUT2D eigenvalue weighted by molar-refractivity contribution is 8.05. The smallest absolute Gasteiger partial charge is 0.269 e. The summed E-state index contributed by atoms with van der Waals surface area (Å²) in [6, 6.07) is 20.0. The second kappa shape index (κ2) is 9.89. The molecule has 0 spiro atoms. The fourth-order valence-electron chi connectivity index (χ4n) is 3.58. The highest BCUT2D eigenvalue weighted by atomic mass is 32.2. The van der Waals surface area contributed by atoms with Crippen molar-refractivity contribution in [3.63, 3.8) is 0 Å². The molecule has 3 aromatic rings. The first-order chi connectivity index (χ1) is 16.4. The lowest BCUT2D eigenvalue weighted by Gasteiger charge is -2.18. The molecule has 0 bridgehead atoms. The van der Waals surface area contributed by atoms with Crippen molar-refractivity contribution in [1.29, 1.82) is 5.26 Å². The summed E-state index contributed by atoms with van der Waals surface area (Å²) < 4.78 is 26.7. The molecule has 8 heteroatoms. The van der Waals surface area contributed by atoms with Gasteiger partial charge in [-0.2, -0.15) is 5.26 Å². The minimum Gasteiger partial charge on any atom is -0.321 e. The van der Waals surface area contributed by atoms with E-state index < -0.39 is 22.8 Å². The van der Waals surface area contributed by atoms with Crippen molar-refractivity contribution < 1.29 is 18.4 Å². The van der Waals surface area contributed by atoms with Gasteiger partial charge in [-0.05, 0) is 73.0 Å². The molecule has 1 aliphatic heterocycles. The molecule has 1 heterocycles. The van der Waals surface area contributed by atoms with Gasteiger partial charge in [0.25, 0.3) is 5.91 Å². The zero-order valence-electron chi connectivity index (χ0n) is 18.1. The third-order valence-corrected chi connectivity index (χ3v) is 6.62. The number of carbonyl (C=O) groups is 2. The van der Waals surface area contributed by atoms with Crippen LogP contribution in [-0.2, 0) is 16.0 Å². The Morgan fingerprint density at radius 3 is 2.26 bits per heavy atom. The number of nitrogens with zero attached hydrogens (tertiary/aromatic N) is 2. The number of anilines is 2. The molecule has 0 radical (unpaired) electrons. The summed E-state index contributed by atoms with van der Waals surface area (Å²) >= 11 is 1.12. The maximum absolute atomic E-state index is 13.5. The lowest BCUT2D eigenvalue weighted by atomic mass is 10.0. The number of hydrogen-bond acceptors (Lipinski definition) is 4. The van der Waals surface area contributed by atoms with Gasteiger partial charge in [0.1, 0.15) is 28.3 Å². The van der Waals surface area contributed by atoms with E-state index in [0.717, 1.165) is 22.9 Å². The molecule has 2 amide bonds. The van der Waals surface area contributed by atoms with E-state index in [1.54, 1.807) is 0 Å². The fourth-order valence-corrected chi connectivity index (χ4v) is 4.87. The zero-order valence-corrected chi connectivity index (χ0v) is 18.9. The van der Waals surface area contributed by atoms with Crippen LogP contribution in [0.3, 0.4) is 0 Å². The molecule has 0 aromatic heterocycles. The van der Waals surface area contributed by atoms with Gasteiger partial charge >= 0.3 is 0 Å². The van der Waals surface area contributed by atoms with Crippen molar-refractivity contribution in [2.45, 2.75) is 18.6 Å². The number of thioether (sulfide) groups is 1. The molecule has 170 valence electrons. The van der Waals surface area contributed by atoms with Gasteiger partial charge in [-0.3, -0.25) is 14.5 Å². The first-order valence-corrected chi connectivity index (χ1v) is 11.3. The van der Waals surface area contributed by atoms with Crippen LogP contribution in [0.15, 0.2) is 83.4 Å². The average Bonchev–Trinajstić information content (AvgIpc) is 3.13. The van der Waals surface area contributed by atoms with Crippen molar-refractivity contribution in [2.75, 3.05) is 10.2 Å². The maximum Gasteiger partial charge on any atom is 0.269 e. The van der Waals surface area contributed by atoms with Gasteiger partial charge in [0.05, 0.1) is 5.25 Å². The van der Waals surface area contributed by atoms with Crippen molar-refractivity contribution in [3.05, 3.63) is 106 Å². The Morgan fingerprint density at radius 1 is 1.03 bits per heavy atom. The summed E-state index contributed by atoms with van der Waals surface area (Å²) in [5, 5.41) is 12.0. The number of rotatable bonds is 5. The monoisotopic (exact) mass is 475 g/mol. The molecule has 34 heavy (non-hydrogen) atoms. The Bertz CT molecular complexity index is 1320. The number of carbonyl (C=O) groups excluding carboxylic acids is 2. The first kappa shape index (κ1) is 23.2. The van der Waals surface area contributed by atoms with Crippen molar-refractivity contribution in [2.24, 2.45) is 0 Å². The number of halogens is 2. The van der Waals surface area contributed by atoms with Crippen LogP contribution in [0.5, 0.6) is 0 Å². The average molecular weight is 476 g/mol. The molecule has 0 saturated carbocycles. The van der Waals surface area contributed by atoms with Crippen LogP contribution in [-0.4, -0.2) is 17.1 Å². The summed E-state index contributed by atoms with van der Waals surface area (Å²) in [6.45, 7) is 1.95. The molecule has 4 rings (SSSR count). The van der Waals surface area contributed by atoms with Crippen LogP contribution >= 0.6 is 11.8 Å². The SMILES string of the molecule is Cc1ccccc1CC1SC(=C(C#N)C(=O)Nc2ccc(F)cc2)N(c2ccc(F)cc2)C1=O. The standard InChI is InChI=1S/C26H19F2N3O2S/c1-16-4-2-3-5-17(16)14-23-25(33)31(21-12-8-19(28)9-13-21)26(34-23)22(15-29)24(32)30-20-10-6-18(27)7-11-20/h2-13,23H,14H2,1H3,(H,30,32). The Labute approximate surface area is 199 Å². The summed E-state index contributed by atoms with van der Waals surface area (Å²) in [5.41, 5.74) is 2.39. The largest absolute Gasteiger partial charge is 0.321 e. The van der Waals surface area contributed by atoms with E-state index in [-0.39, 0.29) is 16.5 Å². The number of nitriles is 1. The van der Waals surface area contributed by atoms with E-state index in [2.05, 4.69) is 5.32 Å². The third kappa shape index (κ3) is 4.85. The van der Waals surface area contributed by atoms with Gasteiger partial charge in [-0.1, -0.05) is 36.0 Å². The molecule has 1 aliphatic rings.